The first kappa shape index (κ1) is 24.2. The third-order valence-corrected chi connectivity index (χ3v) is 6.98. The summed E-state index contributed by atoms with van der Waals surface area (Å²) in [5, 5.41) is 7.83. The van der Waals surface area contributed by atoms with Gasteiger partial charge in [0.2, 0.25) is 5.43 Å². The summed E-state index contributed by atoms with van der Waals surface area (Å²) in [7, 11) is 1.58. The summed E-state index contributed by atoms with van der Waals surface area (Å²) in [6.07, 6.45) is 9.54. The second kappa shape index (κ2) is 12.0. The van der Waals surface area contributed by atoms with Crippen LogP contribution in [0.1, 0.15) is 77.1 Å². The normalized spacial score (nSPS) is 15.3. The molecule has 1 atom stereocenters. The number of aromatic nitrogens is 1. The van der Waals surface area contributed by atoms with Crippen molar-refractivity contribution in [1.82, 2.24) is 15.2 Å². The van der Waals surface area contributed by atoms with E-state index in [1.54, 1.807) is 23.0 Å². The van der Waals surface area contributed by atoms with Crippen molar-refractivity contribution in [3.63, 3.8) is 0 Å². The zero-order valence-electron chi connectivity index (χ0n) is 18.9. The van der Waals surface area contributed by atoms with Crippen LogP contribution in [0.5, 0.6) is 0 Å². The lowest BCUT2D eigenvalue weighted by atomic mass is 9.89. The number of methoxy groups -OCH3 is 1. The van der Waals surface area contributed by atoms with Gasteiger partial charge in [-0.1, -0.05) is 32.3 Å². The Kier molecular flexibility index (Phi) is 9.05. The van der Waals surface area contributed by atoms with Gasteiger partial charge in [-0.25, -0.2) is 0 Å². The fourth-order valence-electron chi connectivity index (χ4n) is 4.10. The number of amides is 2. The number of hydrogen-bond donors (Lipinski definition) is 2. The van der Waals surface area contributed by atoms with E-state index in [2.05, 4.69) is 10.6 Å². The minimum Gasteiger partial charge on any atom is -0.383 e. The van der Waals surface area contributed by atoms with Crippen LogP contribution in [0.2, 0.25) is 0 Å². The molecule has 0 saturated heterocycles. The fourth-order valence-corrected chi connectivity index (χ4v) is 4.97. The molecule has 0 radical (unpaired) electrons. The topological polar surface area (TPSA) is 89.4 Å². The molecule has 0 aliphatic heterocycles. The number of rotatable bonds is 10. The van der Waals surface area contributed by atoms with Gasteiger partial charge >= 0.3 is 0 Å². The Hall–Kier alpha value is -2.45. The summed E-state index contributed by atoms with van der Waals surface area (Å²) in [5.41, 5.74) is -0.575. The van der Waals surface area contributed by atoms with Crippen molar-refractivity contribution < 1.29 is 14.3 Å². The van der Waals surface area contributed by atoms with Gasteiger partial charge in [-0.3, -0.25) is 14.4 Å². The van der Waals surface area contributed by atoms with E-state index in [1.807, 2.05) is 24.4 Å². The zero-order chi connectivity index (χ0) is 22.9. The van der Waals surface area contributed by atoms with Crippen molar-refractivity contribution in [2.45, 2.75) is 58.0 Å². The van der Waals surface area contributed by atoms with E-state index < -0.39 is 17.2 Å². The highest BCUT2D eigenvalue weighted by molar-refractivity contribution is 7.10. The number of nitrogens with one attached hydrogen (secondary N) is 2. The van der Waals surface area contributed by atoms with Gasteiger partial charge in [0, 0.05) is 37.5 Å². The van der Waals surface area contributed by atoms with Crippen LogP contribution < -0.4 is 16.1 Å². The predicted molar refractivity (Wildman–Crippen MR) is 126 cm³/mol. The maximum absolute atomic E-state index is 13.1. The number of carbonyl (C=O) groups excluding carboxylic acids is 2. The molecule has 1 aliphatic rings. The molecule has 0 spiro atoms. The molecule has 7 nitrogen and oxygen atoms in total. The first-order chi connectivity index (χ1) is 15.5. The molecule has 1 fully saturated rings. The number of pyridine rings is 1. The SMILES string of the molecule is CC[C@@H](NC(=O)c1cn(CCOC)cc(C(=O)NCC2CCCCC2)c1=O)c1cccs1. The van der Waals surface area contributed by atoms with Crippen LogP contribution in [0.15, 0.2) is 34.7 Å². The van der Waals surface area contributed by atoms with Crippen molar-refractivity contribution in [2.75, 3.05) is 20.3 Å². The maximum Gasteiger partial charge on any atom is 0.257 e. The molecule has 8 heteroatoms. The Labute approximate surface area is 193 Å². The summed E-state index contributed by atoms with van der Waals surface area (Å²) in [6.45, 7) is 3.38. The lowest BCUT2D eigenvalue weighted by molar-refractivity contribution is 0.0933. The number of hydrogen-bond acceptors (Lipinski definition) is 5. The Balaban J connectivity index is 1.81. The average Bonchev–Trinajstić information content (AvgIpc) is 3.35. The predicted octanol–water partition coefficient (Wildman–Crippen LogP) is 3.75. The lowest BCUT2D eigenvalue weighted by Gasteiger charge is -2.22. The molecule has 32 heavy (non-hydrogen) atoms. The summed E-state index contributed by atoms with van der Waals surface area (Å²) in [4.78, 5) is 40.1. The van der Waals surface area contributed by atoms with E-state index in [0.29, 0.717) is 32.0 Å². The quantitative estimate of drug-likeness (QED) is 0.566. The van der Waals surface area contributed by atoms with Crippen LogP contribution in [-0.2, 0) is 11.3 Å². The lowest BCUT2D eigenvalue weighted by Crippen LogP contribution is -2.38. The molecule has 174 valence electrons. The number of nitrogens with zero attached hydrogens (tertiary/aromatic N) is 1. The molecule has 0 unspecified atom stereocenters. The van der Waals surface area contributed by atoms with Gasteiger partial charge in [0.05, 0.1) is 12.6 Å². The highest BCUT2D eigenvalue weighted by Gasteiger charge is 2.23. The Morgan fingerprint density at radius 1 is 1.19 bits per heavy atom. The van der Waals surface area contributed by atoms with Crippen LogP contribution in [0.3, 0.4) is 0 Å². The fraction of sp³-hybridized carbons (Fsp3) is 0.542. The molecule has 1 saturated carbocycles. The second-order valence-corrected chi connectivity index (χ2v) is 9.29. The van der Waals surface area contributed by atoms with Crippen molar-refractivity contribution in [3.05, 3.63) is 56.1 Å². The number of carbonyl (C=O) groups is 2. The first-order valence-corrected chi connectivity index (χ1v) is 12.3. The van der Waals surface area contributed by atoms with E-state index in [9.17, 15) is 14.4 Å². The molecule has 1 aliphatic carbocycles. The molecule has 2 N–H and O–H groups in total. The Morgan fingerprint density at radius 3 is 2.53 bits per heavy atom. The summed E-state index contributed by atoms with van der Waals surface area (Å²) >= 11 is 1.56. The number of ether oxygens (including phenoxy) is 1. The average molecular weight is 460 g/mol. The van der Waals surface area contributed by atoms with Gasteiger partial charge in [0.1, 0.15) is 11.1 Å². The van der Waals surface area contributed by atoms with Gasteiger partial charge in [0.25, 0.3) is 11.8 Å². The molecule has 0 aromatic carbocycles. The molecule has 2 aromatic rings. The molecule has 3 rings (SSSR count). The van der Waals surface area contributed by atoms with E-state index in [-0.39, 0.29) is 17.2 Å². The van der Waals surface area contributed by atoms with Crippen LogP contribution in [0, 0.1) is 5.92 Å². The van der Waals surface area contributed by atoms with E-state index in [1.165, 1.54) is 31.7 Å². The monoisotopic (exact) mass is 459 g/mol. The van der Waals surface area contributed by atoms with Crippen LogP contribution in [0.4, 0.5) is 0 Å². The van der Waals surface area contributed by atoms with Gasteiger partial charge in [0.15, 0.2) is 0 Å². The standard InChI is InChI=1S/C24H33N3O4S/c1-3-20(21-10-7-13-32-21)26-24(30)19-16-27(11-12-31-2)15-18(22(19)28)23(29)25-14-17-8-5-4-6-9-17/h7,10,13,15-17,20H,3-6,8-9,11-12,14H2,1-2H3,(H,25,29)(H,26,30)/t20-/m1/s1. The van der Waals surface area contributed by atoms with E-state index in [4.69, 9.17) is 4.74 Å². The molecular formula is C24H33N3O4S. The smallest absolute Gasteiger partial charge is 0.257 e. The minimum absolute atomic E-state index is 0.00580. The van der Waals surface area contributed by atoms with Crippen molar-refractivity contribution >= 4 is 23.2 Å². The third-order valence-electron chi connectivity index (χ3n) is 6.00. The van der Waals surface area contributed by atoms with Gasteiger partial charge in [-0.15, -0.1) is 11.3 Å². The highest BCUT2D eigenvalue weighted by atomic mass is 32.1. The highest BCUT2D eigenvalue weighted by Crippen LogP contribution is 2.23. The first-order valence-electron chi connectivity index (χ1n) is 11.4. The van der Waals surface area contributed by atoms with Crippen LogP contribution >= 0.6 is 11.3 Å². The molecule has 2 amide bonds. The van der Waals surface area contributed by atoms with Crippen LogP contribution in [0.25, 0.3) is 0 Å². The van der Waals surface area contributed by atoms with Gasteiger partial charge in [-0.05, 0) is 36.6 Å². The van der Waals surface area contributed by atoms with E-state index >= 15 is 0 Å². The molecular weight excluding hydrogens is 426 g/mol. The molecule has 0 bridgehead atoms. The van der Waals surface area contributed by atoms with E-state index in [0.717, 1.165) is 17.7 Å². The van der Waals surface area contributed by atoms with Gasteiger partial charge < -0.3 is 19.9 Å². The second-order valence-electron chi connectivity index (χ2n) is 8.31. The van der Waals surface area contributed by atoms with Crippen molar-refractivity contribution in [2.24, 2.45) is 5.92 Å². The molecule has 2 heterocycles. The van der Waals surface area contributed by atoms with Gasteiger partial charge in [-0.2, -0.15) is 0 Å². The summed E-state index contributed by atoms with van der Waals surface area (Å²) < 4.78 is 6.82. The Bertz CT molecular complexity index is 949. The summed E-state index contributed by atoms with van der Waals surface area (Å²) in [6, 6.07) is 3.72. The number of thiophene rings is 1. The zero-order valence-corrected chi connectivity index (χ0v) is 19.7. The largest absolute Gasteiger partial charge is 0.383 e. The van der Waals surface area contributed by atoms with Crippen molar-refractivity contribution in [3.8, 4) is 0 Å². The third kappa shape index (κ3) is 6.29. The maximum atomic E-state index is 13.1. The van der Waals surface area contributed by atoms with Crippen molar-refractivity contribution in [1.29, 1.82) is 0 Å². The summed E-state index contributed by atoms with van der Waals surface area (Å²) in [5.74, 6) is -0.443. The molecule has 2 aromatic heterocycles. The Morgan fingerprint density at radius 2 is 1.91 bits per heavy atom. The minimum atomic E-state index is -0.543. The van der Waals surface area contributed by atoms with Crippen LogP contribution in [-0.4, -0.2) is 36.6 Å².